The van der Waals surface area contributed by atoms with Crippen LogP contribution in [0.15, 0.2) is 29.2 Å². The van der Waals surface area contributed by atoms with Gasteiger partial charge in [0.15, 0.2) is 0 Å². The zero-order chi connectivity index (χ0) is 11.1. The fourth-order valence-electron chi connectivity index (χ4n) is 1.29. The predicted octanol–water partition coefficient (Wildman–Crippen LogP) is 4.37. The highest BCUT2D eigenvalue weighted by Gasteiger charge is 2.08. The van der Waals surface area contributed by atoms with Crippen LogP contribution in [0.3, 0.4) is 0 Å². The molecule has 0 aliphatic rings. The van der Waals surface area contributed by atoms with Gasteiger partial charge in [0.05, 0.1) is 17.0 Å². The van der Waals surface area contributed by atoms with Gasteiger partial charge >= 0.3 is 0 Å². The van der Waals surface area contributed by atoms with Crippen LogP contribution < -0.4 is 0 Å². The van der Waals surface area contributed by atoms with E-state index in [0.29, 0.717) is 0 Å². The Morgan fingerprint density at radius 1 is 1.47 bits per heavy atom. The molecule has 80 valence electrons. The minimum absolute atomic E-state index is 0.135. The van der Waals surface area contributed by atoms with Crippen molar-refractivity contribution in [1.82, 2.24) is 0 Å². The first-order chi connectivity index (χ1) is 7.27. The molecule has 3 heteroatoms. The maximum Gasteiger partial charge on any atom is 0.0664 e. The molecule has 1 aromatic rings. The third kappa shape index (κ3) is 4.15. The Kier molecular flexibility index (Phi) is 5.60. The predicted molar refractivity (Wildman–Crippen MR) is 66.2 cm³/mol. The number of benzene rings is 1. The van der Waals surface area contributed by atoms with E-state index in [2.05, 4.69) is 13.0 Å². The third-order valence-electron chi connectivity index (χ3n) is 2.10. The minimum atomic E-state index is 0.135. The topological polar surface area (TPSA) is 23.8 Å². The maximum atomic E-state index is 8.91. The largest absolute Gasteiger partial charge is 0.198 e. The summed E-state index contributed by atoms with van der Waals surface area (Å²) in [7, 11) is 0. The van der Waals surface area contributed by atoms with E-state index in [1.165, 1.54) is 0 Å². The van der Waals surface area contributed by atoms with Crippen LogP contribution in [0.5, 0.6) is 0 Å². The van der Waals surface area contributed by atoms with E-state index in [0.717, 1.165) is 28.5 Å². The lowest BCUT2D eigenvalue weighted by Crippen LogP contribution is -1.99. The minimum Gasteiger partial charge on any atom is -0.198 e. The van der Waals surface area contributed by atoms with Gasteiger partial charge in [-0.15, -0.1) is 11.8 Å². The summed E-state index contributed by atoms with van der Waals surface area (Å²) in [5.74, 6) is 0.963. The van der Waals surface area contributed by atoms with Crippen LogP contribution in [-0.2, 0) is 0 Å². The average molecular weight is 240 g/mol. The zero-order valence-corrected chi connectivity index (χ0v) is 10.3. The standard InChI is InChI=1S/C12H14ClNS/c1-2-5-10(8-14)9-15-12-7-4-3-6-11(12)13/h3-4,6-7,10H,2,5,9H2,1H3. The molecule has 0 aliphatic heterocycles. The highest BCUT2D eigenvalue weighted by molar-refractivity contribution is 7.99. The second-order valence-electron chi connectivity index (χ2n) is 3.36. The van der Waals surface area contributed by atoms with Crippen molar-refractivity contribution >= 4 is 23.4 Å². The lowest BCUT2D eigenvalue weighted by molar-refractivity contribution is 0.655. The number of hydrogen-bond donors (Lipinski definition) is 0. The molecule has 0 fully saturated rings. The molecule has 0 radical (unpaired) electrons. The van der Waals surface area contributed by atoms with E-state index >= 15 is 0 Å². The summed E-state index contributed by atoms with van der Waals surface area (Å²) < 4.78 is 0. The number of halogens is 1. The van der Waals surface area contributed by atoms with Crippen LogP contribution in [0.2, 0.25) is 5.02 Å². The molecule has 1 atom stereocenters. The summed E-state index contributed by atoms with van der Waals surface area (Å²) in [6.45, 7) is 2.10. The summed E-state index contributed by atoms with van der Waals surface area (Å²) in [5.41, 5.74) is 0. The molecular formula is C12H14ClNS. The molecule has 1 rings (SSSR count). The van der Waals surface area contributed by atoms with Gasteiger partial charge in [0.2, 0.25) is 0 Å². The molecule has 1 aromatic carbocycles. The SMILES string of the molecule is CCCC(C#N)CSc1ccccc1Cl. The first kappa shape index (κ1) is 12.4. The fraction of sp³-hybridized carbons (Fsp3) is 0.417. The second-order valence-corrected chi connectivity index (χ2v) is 4.83. The number of thioether (sulfide) groups is 1. The van der Waals surface area contributed by atoms with Gasteiger partial charge in [-0.05, 0) is 18.6 Å². The van der Waals surface area contributed by atoms with E-state index in [1.54, 1.807) is 11.8 Å². The van der Waals surface area contributed by atoms with Crippen LogP contribution in [0, 0.1) is 17.2 Å². The molecule has 0 aromatic heterocycles. The summed E-state index contributed by atoms with van der Waals surface area (Å²) in [6, 6.07) is 10.1. The Balaban J connectivity index is 2.50. The van der Waals surface area contributed by atoms with Crippen molar-refractivity contribution < 1.29 is 0 Å². The van der Waals surface area contributed by atoms with Crippen molar-refractivity contribution in [3.8, 4) is 6.07 Å². The fourth-order valence-corrected chi connectivity index (χ4v) is 2.59. The summed E-state index contributed by atoms with van der Waals surface area (Å²) in [4.78, 5) is 1.07. The molecular weight excluding hydrogens is 226 g/mol. The van der Waals surface area contributed by atoms with Crippen LogP contribution in [-0.4, -0.2) is 5.75 Å². The van der Waals surface area contributed by atoms with E-state index < -0.39 is 0 Å². The molecule has 15 heavy (non-hydrogen) atoms. The molecule has 0 spiro atoms. The first-order valence-corrected chi connectivity index (χ1v) is 6.41. The lowest BCUT2D eigenvalue weighted by atomic mass is 10.1. The molecule has 0 bridgehead atoms. The number of rotatable bonds is 5. The second kappa shape index (κ2) is 6.76. The van der Waals surface area contributed by atoms with Gasteiger partial charge < -0.3 is 0 Å². The summed E-state index contributed by atoms with van der Waals surface area (Å²) in [6.07, 6.45) is 2.02. The van der Waals surface area contributed by atoms with Crippen LogP contribution in [0.25, 0.3) is 0 Å². The van der Waals surface area contributed by atoms with Gasteiger partial charge in [0.1, 0.15) is 0 Å². The Morgan fingerprint density at radius 3 is 2.80 bits per heavy atom. The molecule has 0 saturated heterocycles. The molecule has 0 saturated carbocycles. The number of hydrogen-bond acceptors (Lipinski definition) is 2. The van der Waals surface area contributed by atoms with Crippen LogP contribution >= 0.6 is 23.4 Å². The molecule has 0 N–H and O–H groups in total. The van der Waals surface area contributed by atoms with Gasteiger partial charge in [0.25, 0.3) is 0 Å². The Hall–Kier alpha value is -0.650. The monoisotopic (exact) mass is 239 g/mol. The Bertz CT molecular complexity index is 346. The van der Waals surface area contributed by atoms with E-state index in [4.69, 9.17) is 16.9 Å². The molecule has 0 heterocycles. The van der Waals surface area contributed by atoms with Crippen molar-refractivity contribution in [3.63, 3.8) is 0 Å². The average Bonchev–Trinajstić information content (AvgIpc) is 2.26. The van der Waals surface area contributed by atoms with Crippen molar-refractivity contribution in [2.24, 2.45) is 5.92 Å². The zero-order valence-electron chi connectivity index (χ0n) is 8.74. The van der Waals surface area contributed by atoms with Gasteiger partial charge in [-0.3, -0.25) is 0 Å². The summed E-state index contributed by atoms with van der Waals surface area (Å²) >= 11 is 7.69. The van der Waals surface area contributed by atoms with Gasteiger partial charge in [-0.25, -0.2) is 0 Å². The van der Waals surface area contributed by atoms with Crippen molar-refractivity contribution in [3.05, 3.63) is 29.3 Å². The van der Waals surface area contributed by atoms with Gasteiger partial charge in [0, 0.05) is 10.6 Å². The smallest absolute Gasteiger partial charge is 0.0664 e. The van der Waals surface area contributed by atoms with E-state index in [9.17, 15) is 0 Å². The normalized spacial score (nSPS) is 12.1. The third-order valence-corrected chi connectivity index (χ3v) is 3.77. The quantitative estimate of drug-likeness (QED) is 0.713. The maximum absolute atomic E-state index is 8.91. The lowest BCUT2D eigenvalue weighted by Gasteiger charge is -2.07. The van der Waals surface area contributed by atoms with Crippen molar-refractivity contribution in [2.75, 3.05) is 5.75 Å². The van der Waals surface area contributed by atoms with Crippen molar-refractivity contribution in [2.45, 2.75) is 24.7 Å². The van der Waals surface area contributed by atoms with Crippen LogP contribution in [0.1, 0.15) is 19.8 Å². The van der Waals surface area contributed by atoms with E-state index in [-0.39, 0.29) is 5.92 Å². The van der Waals surface area contributed by atoms with Crippen molar-refractivity contribution in [1.29, 1.82) is 5.26 Å². The molecule has 1 unspecified atom stereocenters. The highest BCUT2D eigenvalue weighted by atomic mass is 35.5. The summed E-state index contributed by atoms with van der Waals surface area (Å²) in [5, 5.41) is 9.68. The van der Waals surface area contributed by atoms with E-state index in [1.807, 2.05) is 24.3 Å². The Morgan fingerprint density at radius 2 is 2.20 bits per heavy atom. The highest BCUT2D eigenvalue weighted by Crippen LogP contribution is 2.28. The van der Waals surface area contributed by atoms with Gasteiger partial charge in [-0.2, -0.15) is 5.26 Å². The van der Waals surface area contributed by atoms with Gasteiger partial charge in [-0.1, -0.05) is 37.1 Å². The number of nitrogens with zero attached hydrogens (tertiary/aromatic N) is 1. The number of nitriles is 1. The molecule has 0 aliphatic carbocycles. The van der Waals surface area contributed by atoms with Crippen LogP contribution in [0.4, 0.5) is 0 Å². The first-order valence-electron chi connectivity index (χ1n) is 5.05. The molecule has 1 nitrogen and oxygen atoms in total. The molecule has 0 amide bonds. The Labute approximate surface area is 100 Å².